The van der Waals surface area contributed by atoms with Crippen molar-refractivity contribution < 1.29 is 19.1 Å². The molecule has 0 radical (unpaired) electrons. The summed E-state index contributed by atoms with van der Waals surface area (Å²) in [6.07, 6.45) is 3.37. The number of carbonyl (C=O) groups is 2. The average molecular weight is 351 g/mol. The number of hydrogen-bond donors (Lipinski definition) is 0. The Bertz CT molecular complexity index is 782. The Morgan fingerprint density at radius 1 is 0.923 bits per heavy atom. The summed E-state index contributed by atoms with van der Waals surface area (Å²) in [6.45, 7) is 0. The monoisotopic (exact) mass is 351 g/mol. The van der Waals surface area contributed by atoms with Gasteiger partial charge in [0.1, 0.15) is 0 Å². The molecule has 0 aliphatic rings. The van der Waals surface area contributed by atoms with E-state index in [1.807, 2.05) is 60.7 Å². The Morgan fingerprint density at radius 2 is 1.50 bits per heavy atom. The second-order valence-electron chi connectivity index (χ2n) is 5.50. The van der Waals surface area contributed by atoms with Crippen LogP contribution in [0.5, 0.6) is 0 Å². The van der Waals surface area contributed by atoms with Crippen LogP contribution < -0.4 is 0 Å². The zero-order valence-electron chi connectivity index (χ0n) is 14.8. The first-order valence-electron chi connectivity index (χ1n) is 8.14. The molecule has 0 spiro atoms. The van der Waals surface area contributed by atoms with E-state index in [0.29, 0.717) is 5.57 Å². The molecule has 0 aliphatic carbocycles. The molecule has 0 saturated heterocycles. The van der Waals surface area contributed by atoms with Crippen molar-refractivity contribution in [2.45, 2.75) is 12.5 Å². The molecule has 26 heavy (non-hydrogen) atoms. The van der Waals surface area contributed by atoms with Gasteiger partial charge in [-0.1, -0.05) is 60.7 Å². The molecule has 1 unspecified atom stereocenters. The van der Waals surface area contributed by atoms with Gasteiger partial charge in [0.2, 0.25) is 0 Å². The van der Waals surface area contributed by atoms with Crippen LogP contribution in [0.1, 0.15) is 17.5 Å². The third-order valence-electron chi connectivity index (χ3n) is 3.68. The molecule has 134 valence electrons. The number of benzene rings is 2. The number of methoxy groups -OCH3 is 2. The smallest absolute Gasteiger partial charge is 0.333 e. The molecule has 2 aromatic rings. The van der Waals surface area contributed by atoms with Crippen molar-refractivity contribution >= 4 is 24.2 Å². The first kappa shape index (κ1) is 19.1. The molecule has 0 amide bonds. The molecule has 1 atom stereocenters. The molecular weight excluding hydrogens is 330 g/mol. The van der Waals surface area contributed by atoms with Gasteiger partial charge < -0.3 is 9.47 Å². The normalized spacial score (nSPS) is 12.6. The van der Waals surface area contributed by atoms with Gasteiger partial charge in [-0.3, -0.25) is 4.99 Å². The lowest BCUT2D eigenvalue weighted by atomic mass is 10.0. The summed E-state index contributed by atoms with van der Waals surface area (Å²) < 4.78 is 9.68. The first-order chi connectivity index (χ1) is 12.6. The zero-order valence-corrected chi connectivity index (χ0v) is 14.8. The predicted octanol–water partition coefficient (Wildman–Crippen LogP) is 3.29. The Hall–Kier alpha value is -3.21. The van der Waals surface area contributed by atoms with Crippen molar-refractivity contribution in [3.8, 4) is 0 Å². The van der Waals surface area contributed by atoms with Crippen LogP contribution in [-0.2, 0) is 19.1 Å². The van der Waals surface area contributed by atoms with Gasteiger partial charge in [0.25, 0.3) is 0 Å². The quantitative estimate of drug-likeness (QED) is 0.436. The minimum atomic E-state index is -0.839. The lowest BCUT2D eigenvalue weighted by molar-refractivity contribution is -0.142. The highest BCUT2D eigenvalue weighted by Crippen LogP contribution is 2.16. The van der Waals surface area contributed by atoms with E-state index in [9.17, 15) is 9.59 Å². The van der Waals surface area contributed by atoms with Crippen molar-refractivity contribution in [3.63, 3.8) is 0 Å². The van der Waals surface area contributed by atoms with Crippen molar-refractivity contribution in [2.24, 2.45) is 4.99 Å². The first-order valence-corrected chi connectivity index (χ1v) is 8.14. The highest BCUT2D eigenvalue weighted by molar-refractivity contribution is 5.95. The summed E-state index contributed by atoms with van der Waals surface area (Å²) in [5.41, 5.74) is 2.04. The van der Waals surface area contributed by atoms with Crippen LogP contribution in [0.15, 0.2) is 71.2 Å². The summed E-state index contributed by atoms with van der Waals surface area (Å²) >= 11 is 0. The van der Waals surface area contributed by atoms with Gasteiger partial charge in [0.15, 0.2) is 6.04 Å². The van der Waals surface area contributed by atoms with Crippen LogP contribution >= 0.6 is 0 Å². The summed E-state index contributed by atoms with van der Waals surface area (Å²) in [6, 6.07) is 17.9. The summed E-state index contributed by atoms with van der Waals surface area (Å²) in [5.74, 6) is -1.02. The number of rotatable bonds is 7. The number of carbonyl (C=O) groups excluding carboxylic acids is 2. The van der Waals surface area contributed by atoms with E-state index >= 15 is 0 Å². The minimum absolute atomic E-state index is 0.0809. The maximum Gasteiger partial charge on any atom is 0.333 e. The van der Waals surface area contributed by atoms with Crippen LogP contribution in [0.2, 0.25) is 0 Å². The van der Waals surface area contributed by atoms with Crippen LogP contribution in [0.4, 0.5) is 0 Å². The molecule has 2 aromatic carbocycles. The largest absolute Gasteiger partial charge is 0.467 e. The number of esters is 2. The Kier molecular flexibility index (Phi) is 7.31. The zero-order chi connectivity index (χ0) is 18.8. The third kappa shape index (κ3) is 5.70. The molecule has 5 nitrogen and oxygen atoms in total. The fourth-order valence-corrected chi connectivity index (χ4v) is 2.34. The fraction of sp³-hybridized carbons (Fsp3) is 0.190. The summed E-state index contributed by atoms with van der Waals surface area (Å²) in [7, 11) is 2.60. The molecule has 0 heterocycles. The number of ether oxygens (including phenoxy) is 2. The number of aliphatic imine (C=N–C) groups is 1. The van der Waals surface area contributed by atoms with E-state index in [2.05, 4.69) is 4.99 Å². The second kappa shape index (κ2) is 9.93. The molecule has 0 saturated carbocycles. The molecule has 5 heteroatoms. The molecule has 2 rings (SSSR count). The van der Waals surface area contributed by atoms with E-state index in [4.69, 9.17) is 9.47 Å². The van der Waals surface area contributed by atoms with Gasteiger partial charge in [0.05, 0.1) is 14.2 Å². The maximum atomic E-state index is 12.1. The summed E-state index contributed by atoms with van der Waals surface area (Å²) in [4.78, 5) is 28.6. The number of nitrogens with zero attached hydrogens (tertiary/aromatic N) is 1. The number of hydrogen-bond acceptors (Lipinski definition) is 5. The van der Waals surface area contributed by atoms with Gasteiger partial charge >= 0.3 is 11.9 Å². The standard InChI is InChI=1S/C21H21NO4/c1-25-20(23)18(13-16-9-5-3-6-10-16)14-19(21(24)26-2)22-15-17-11-7-4-8-12-17/h3-13,15,19H,14H2,1-2H3/b18-13-,22-15?. The van der Waals surface area contributed by atoms with E-state index in [1.54, 1.807) is 12.3 Å². The minimum Gasteiger partial charge on any atom is -0.467 e. The summed E-state index contributed by atoms with van der Waals surface area (Å²) in [5, 5.41) is 0. The van der Waals surface area contributed by atoms with Gasteiger partial charge in [-0.05, 0) is 17.2 Å². The average Bonchev–Trinajstić information content (AvgIpc) is 2.70. The van der Waals surface area contributed by atoms with Crippen LogP contribution in [0.3, 0.4) is 0 Å². The second-order valence-corrected chi connectivity index (χ2v) is 5.50. The van der Waals surface area contributed by atoms with Gasteiger partial charge in [0, 0.05) is 18.2 Å². The Balaban J connectivity index is 2.28. The van der Waals surface area contributed by atoms with E-state index < -0.39 is 18.0 Å². The molecule has 0 aliphatic heterocycles. The lowest BCUT2D eigenvalue weighted by Crippen LogP contribution is -2.23. The maximum absolute atomic E-state index is 12.1. The fourth-order valence-electron chi connectivity index (χ4n) is 2.34. The van der Waals surface area contributed by atoms with Crippen molar-refractivity contribution in [1.82, 2.24) is 0 Å². The van der Waals surface area contributed by atoms with E-state index in [1.165, 1.54) is 14.2 Å². The molecular formula is C21H21NO4. The lowest BCUT2D eigenvalue weighted by Gasteiger charge is -2.12. The van der Waals surface area contributed by atoms with Gasteiger partial charge in [-0.25, -0.2) is 9.59 Å². The van der Waals surface area contributed by atoms with E-state index in [-0.39, 0.29) is 6.42 Å². The van der Waals surface area contributed by atoms with Crippen LogP contribution in [-0.4, -0.2) is 38.4 Å². The highest BCUT2D eigenvalue weighted by atomic mass is 16.5. The van der Waals surface area contributed by atoms with Crippen LogP contribution in [0.25, 0.3) is 6.08 Å². The third-order valence-corrected chi connectivity index (χ3v) is 3.68. The van der Waals surface area contributed by atoms with E-state index in [0.717, 1.165) is 11.1 Å². The van der Waals surface area contributed by atoms with Gasteiger partial charge in [-0.15, -0.1) is 0 Å². The predicted molar refractivity (Wildman–Crippen MR) is 101 cm³/mol. The highest BCUT2D eigenvalue weighted by Gasteiger charge is 2.23. The Labute approximate surface area is 153 Å². The van der Waals surface area contributed by atoms with Crippen molar-refractivity contribution in [1.29, 1.82) is 0 Å². The topological polar surface area (TPSA) is 65.0 Å². The van der Waals surface area contributed by atoms with Crippen molar-refractivity contribution in [3.05, 3.63) is 77.4 Å². The molecule has 0 fully saturated rings. The SMILES string of the molecule is COC(=O)/C(=C\c1ccccc1)CC(N=Cc1ccccc1)C(=O)OC. The van der Waals surface area contributed by atoms with Crippen molar-refractivity contribution in [2.75, 3.05) is 14.2 Å². The van der Waals surface area contributed by atoms with Gasteiger partial charge in [-0.2, -0.15) is 0 Å². The molecule has 0 aromatic heterocycles. The van der Waals surface area contributed by atoms with Crippen LogP contribution in [0, 0.1) is 0 Å². The molecule has 0 N–H and O–H groups in total. The molecule has 0 bridgehead atoms. The Morgan fingerprint density at radius 3 is 2.04 bits per heavy atom.